The lowest BCUT2D eigenvalue weighted by Gasteiger charge is -2.26. The second-order valence-corrected chi connectivity index (χ2v) is 7.73. The van der Waals surface area contributed by atoms with Crippen molar-refractivity contribution in [3.63, 3.8) is 0 Å². The van der Waals surface area contributed by atoms with Crippen LogP contribution in [0.1, 0.15) is 17.9 Å². The third-order valence-electron chi connectivity index (χ3n) is 4.01. The van der Waals surface area contributed by atoms with Crippen molar-refractivity contribution in [3.8, 4) is 0 Å². The number of hydrogen-bond donors (Lipinski definition) is 1. The van der Waals surface area contributed by atoms with Crippen LogP contribution in [0.5, 0.6) is 0 Å². The lowest BCUT2D eigenvalue weighted by atomic mass is 9.89. The van der Waals surface area contributed by atoms with Gasteiger partial charge in [-0.3, -0.25) is 0 Å². The van der Waals surface area contributed by atoms with Crippen molar-refractivity contribution < 1.29 is 8.42 Å². The van der Waals surface area contributed by atoms with Gasteiger partial charge in [-0.2, -0.15) is 4.31 Å². The van der Waals surface area contributed by atoms with Crippen LogP contribution in [0.2, 0.25) is 5.02 Å². The Morgan fingerprint density at radius 2 is 2.20 bits per heavy atom. The maximum Gasteiger partial charge on any atom is 0.211 e. The smallest absolute Gasteiger partial charge is 0.211 e. The summed E-state index contributed by atoms with van der Waals surface area (Å²) >= 11 is 6.08. The van der Waals surface area contributed by atoms with Gasteiger partial charge in [0.15, 0.2) is 0 Å². The molecule has 1 aromatic rings. The van der Waals surface area contributed by atoms with Gasteiger partial charge < -0.3 is 5.32 Å². The van der Waals surface area contributed by atoms with Crippen molar-refractivity contribution in [1.29, 1.82) is 0 Å². The molecule has 2 heterocycles. The highest BCUT2D eigenvalue weighted by molar-refractivity contribution is 7.88. The van der Waals surface area contributed by atoms with Crippen LogP contribution in [0.25, 0.3) is 0 Å². The Hall–Kier alpha value is -1.04. The zero-order chi connectivity index (χ0) is 14.3. The van der Waals surface area contributed by atoms with E-state index in [1.807, 2.05) is 24.3 Å². The summed E-state index contributed by atoms with van der Waals surface area (Å²) in [7, 11) is -3.09. The van der Waals surface area contributed by atoms with E-state index in [0.29, 0.717) is 19.0 Å². The molecule has 1 N–H and O–H groups in total. The monoisotopic (exact) mass is 312 g/mol. The van der Waals surface area contributed by atoms with Crippen molar-refractivity contribution in [2.24, 2.45) is 0 Å². The highest BCUT2D eigenvalue weighted by Crippen LogP contribution is 2.39. The number of nitrogens with zero attached hydrogens (tertiary/aromatic N) is 1. The highest BCUT2D eigenvalue weighted by Gasteiger charge is 2.29. The van der Waals surface area contributed by atoms with E-state index in [1.54, 1.807) is 0 Å². The molecule has 0 amide bonds. The van der Waals surface area contributed by atoms with Gasteiger partial charge in [-0.25, -0.2) is 8.42 Å². The topological polar surface area (TPSA) is 49.4 Å². The summed E-state index contributed by atoms with van der Waals surface area (Å²) in [5, 5.41) is 4.13. The van der Waals surface area contributed by atoms with Gasteiger partial charge >= 0.3 is 0 Å². The van der Waals surface area contributed by atoms with E-state index in [9.17, 15) is 8.42 Å². The second kappa shape index (κ2) is 5.06. The molecule has 0 aromatic heterocycles. The van der Waals surface area contributed by atoms with Crippen LogP contribution >= 0.6 is 11.6 Å². The fourth-order valence-electron chi connectivity index (χ4n) is 2.92. The summed E-state index contributed by atoms with van der Waals surface area (Å²) in [4.78, 5) is 0. The first-order chi connectivity index (χ1) is 9.45. The first-order valence-corrected chi connectivity index (χ1v) is 8.85. The predicted octanol–water partition coefficient (Wildman–Crippen LogP) is 2.44. The molecule has 1 unspecified atom stereocenters. The van der Waals surface area contributed by atoms with E-state index in [0.717, 1.165) is 23.7 Å². The number of rotatable bonds is 2. The largest absolute Gasteiger partial charge is 0.384 e. The minimum Gasteiger partial charge on any atom is -0.384 e. The third-order valence-corrected chi connectivity index (χ3v) is 5.51. The number of sulfonamides is 1. The van der Waals surface area contributed by atoms with E-state index in [-0.39, 0.29) is 0 Å². The first kappa shape index (κ1) is 13.9. The third kappa shape index (κ3) is 2.57. The number of anilines is 1. The molecule has 0 spiro atoms. The normalized spacial score (nSPS) is 23.1. The van der Waals surface area contributed by atoms with Gasteiger partial charge in [0.05, 0.1) is 6.26 Å². The minimum absolute atomic E-state index is 0.311. The fourth-order valence-corrected chi connectivity index (χ4v) is 3.87. The first-order valence-electron chi connectivity index (χ1n) is 6.62. The molecule has 2 aliphatic rings. The van der Waals surface area contributed by atoms with Gasteiger partial charge in [0, 0.05) is 36.3 Å². The average molecular weight is 313 g/mol. The summed E-state index contributed by atoms with van der Waals surface area (Å²) < 4.78 is 24.6. The van der Waals surface area contributed by atoms with Crippen LogP contribution in [-0.2, 0) is 10.0 Å². The molecule has 0 bridgehead atoms. The Morgan fingerprint density at radius 1 is 1.40 bits per heavy atom. The number of fused-ring (bicyclic) bond motifs is 1. The molecular weight excluding hydrogens is 296 g/mol. The maximum absolute atomic E-state index is 11.5. The van der Waals surface area contributed by atoms with Crippen LogP contribution in [0.4, 0.5) is 5.69 Å². The number of halogens is 1. The molecule has 108 valence electrons. The molecule has 1 aromatic carbocycles. The van der Waals surface area contributed by atoms with Crippen LogP contribution in [-0.4, -0.2) is 38.6 Å². The highest BCUT2D eigenvalue weighted by atomic mass is 35.5. The molecule has 0 radical (unpaired) electrons. The van der Waals surface area contributed by atoms with Gasteiger partial charge in [-0.05, 0) is 30.2 Å². The van der Waals surface area contributed by atoms with Crippen molar-refractivity contribution in [2.45, 2.75) is 12.3 Å². The predicted molar refractivity (Wildman–Crippen MR) is 81.8 cm³/mol. The number of benzene rings is 1. The summed E-state index contributed by atoms with van der Waals surface area (Å²) in [5.41, 5.74) is 3.65. The van der Waals surface area contributed by atoms with Crippen LogP contribution < -0.4 is 5.32 Å². The lowest BCUT2D eigenvalue weighted by molar-refractivity contribution is 0.430. The molecule has 0 aliphatic carbocycles. The van der Waals surface area contributed by atoms with Gasteiger partial charge in [0.25, 0.3) is 0 Å². The maximum atomic E-state index is 11.5. The van der Waals surface area contributed by atoms with Crippen molar-refractivity contribution in [1.82, 2.24) is 4.31 Å². The molecule has 0 fully saturated rings. The molecule has 0 saturated carbocycles. The standard InChI is InChI=1S/C14H17ClN2O2S/c1-20(18,19)17-6-4-10(5-7-17)13-9-16-14-3-2-11(15)8-12(13)14/h2-4,8,13,16H,5-7,9H2,1H3. The molecule has 4 nitrogen and oxygen atoms in total. The summed E-state index contributed by atoms with van der Waals surface area (Å²) in [6.45, 7) is 1.90. The summed E-state index contributed by atoms with van der Waals surface area (Å²) in [5.74, 6) is 0.311. The zero-order valence-corrected chi connectivity index (χ0v) is 12.8. The van der Waals surface area contributed by atoms with Crippen molar-refractivity contribution in [2.75, 3.05) is 31.2 Å². The van der Waals surface area contributed by atoms with Gasteiger partial charge in [-0.15, -0.1) is 0 Å². The Balaban J connectivity index is 1.84. The summed E-state index contributed by atoms with van der Waals surface area (Å²) in [6, 6.07) is 5.89. The van der Waals surface area contributed by atoms with E-state index >= 15 is 0 Å². The van der Waals surface area contributed by atoms with Crippen molar-refractivity contribution >= 4 is 27.3 Å². The van der Waals surface area contributed by atoms with Crippen molar-refractivity contribution in [3.05, 3.63) is 40.4 Å². The molecule has 2 aliphatic heterocycles. The van der Waals surface area contributed by atoms with E-state index in [1.165, 1.54) is 21.7 Å². The SMILES string of the molecule is CS(=O)(=O)N1CC=C(C2CNc3ccc(Cl)cc32)CC1. The van der Waals surface area contributed by atoms with Gasteiger partial charge in [0.2, 0.25) is 10.0 Å². The molecule has 1 atom stereocenters. The Morgan fingerprint density at radius 3 is 2.85 bits per heavy atom. The molecule has 3 rings (SSSR count). The Kier molecular flexibility index (Phi) is 3.52. The van der Waals surface area contributed by atoms with E-state index in [4.69, 9.17) is 11.6 Å². The molecule has 20 heavy (non-hydrogen) atoms. The van der Waals surface area contributed by atoms with Crippen LogP contribution in [0, 0.1) is 0 Å². The molecule has 6 heteroatoms. The lowest BCUT2D eigenvalue weighted by Crippen LogP contribution is -2.34. The quantitative estimate of drug-likeness (QED) is 0.853. The second-order valence-electron chi connectivity index (χ2n) is 5.32. The number of hydrogen-bond acceptors (Lipinski definition) is 3. The van der Waals surface area contributed by atoms with Crippen LogP contribution in [0.3, 0.4) is 0 Å². The Labute approximate surface area is 124 Å². The zero-order valence-electron chi connectivity index (χ0n) is 11.3. The molecule has 0 saturated heterocycles. The van der Waals surface area contributed by atoms with Gasteiger partial charge in [-0.1, -0.05) is 23.3 Å². The van der Waals surface area contributed by atoms with E-state index < -0.39 is 10.0 Å². The van der Waals surface area contributed by atoms with Gasteiger partial charge in [0.1, 0.15) is 0 Å². The fraction of sp³-hybridized carbons (Fsp3) is 0.429. The Bertz CT molecular complexity index is 670. The molecular formula is C14H17ClN2O2S. The average Bonchev–Trinajstić information content (AvgIpc) is 2.81. The number of nitrogens with one attached hydrogen (secondary N) is 1. The summed E-state index contributed by atoms with van der Waals surface area (Å²) in [6.07, 6.45) is 4.09. The van der Waals surface area contributed by atoms with E-state index in [2.05, 4.69) is 5.32 Å². The minimum atomic E-state index is -3.09. The van der Waals surface area contributed by atoms with Crippen LogP contribution in [0.15, 0.2) is 29.8 Å².